The number of aryl methyl sites for hydroxylation is 1. The molecular weight excluding hydrogens is 262 g/mol. The monoisotopic (exact) mass is 282 g/mol. The number of benzene rings is 1. The van der Waals surface area contributed by atoms with E-state index in [1.165, 1.54) is 13.0 Å². The number of amides is 1. The van der Waals surface area contributed by atoms with Crippen LogP contribution in [0.1, 0.15) is 35.7 Å². The van der Waals surface area contributed by atoms with E-state index in [1.54, 1.807) is 4.90 Å². The predicted octanol–water partition coefficient (Wildman–Crippen LogP) is 2.49. The highest BCUT2D eigenvalue weighted by Gasteiger charge is 2.31. The van der Waals surface area contributed by atoms with Crippen LogP contribution in [-0.2, 0) is 0 Å². The smallest absolute Gasteiger partial charge is 0.256 e. The van der Waals surface area contributed by atoms with Gasteiger partial charge in [0, 0.05) is 24.7 Å². The number of nitrogens with zero attached hydrogens (tertiary/aromatic N) is 1. The molecule has 0 unspecified atom stereocenters. The molecule has 5 heteroatoms. The van der Waals surface area contributed by atoms with Crippen LogP contribution in [0, 0.1) is 18.6 Å². The minimum Gasteiger partial charge on any atom is -0.338 e. The highest BCUT2D eigenvalue weighted by atomic mass is 19.1. The Hall–Kier alpha value is -1.49. The van der Waals surface area contributed by atoms with Gasteiger partial charge in [-0.3, -0.25) is 4.79 Å². The second-order valence-corrected chi connectivity index (χ2v) is 5.68. The van der Waals surface area contributed by atoms with Crippen LogP contribution in [0.2, 0.25) is 0 Å². The highest BCUT2D eigenvalue weighted by Crippen LogP contribution is 2.23. The lowest BCUT2D eigenvalue weighted by molar-refractivity contribution is 0.0657. The molecule has 2 rings (SSSR count). The van der Waals surface area contributed by atoms with Gasteiger partial charge in [-0.15, -0.1) is 0 Å². The molecule has 20 heavy (non-hydrogen) atoms. The van der Waals surface area contributed by atoms with Gasteiger partial charge in [0.25, 0.3) is 5.91 Å². The molecular formula is C15H20F2N2O. The summed E-state index contributed by atoms with van der Waals surface area (Å²) >= 11 is 0. The minimum absolute atomic E-state index is 0.0219. The Morgan fingerprint density at radius 1 is 1.25 bits per heavy atom. The number of nitrogens with one attached hydrogen (secondary N) is 1. The molecule has 1 aromatic rings. The van der Waals surface area contributed by atoms with E-state index in [0.717, 1.165) is 18.9 Å². The summed E-state index contributed by atoms with van der Waals surface area (Å²) in [6.45, 7) is 4.79. The number of rotatable bonds is 2. The van der Waals surface area contributed by atoms with E-state index in [4.69, 9.17) is 0 Å². The van der Waals surface area contributed by atoms with E-state index in [2.05, 4.69) is 12.2 Å². The van der Waals surface area contributed by atoms with Gasteiger partial charge in [0.1, 0.15) is 11.6 Å². The zero-order valence-electron chi connectivity index (χ0n) is 12.1. The third-order valence-electron chi connectivity index (χ3n) is 4.24. The maximum Gasteiger partial charge on any atom is 0.256 e. The lowest BCUT2D eigenvalue weighted by atomic mass is 9.89. The molecule has 0 aliphatic carbocycles. The number of carbonyl (C=O) groups is 1. The van der Waals surface area contributed by atoms with Gasteiger partial charge in [0.2, 0.25) is 0 Å². The van der Waals surface area contributed by atoms with Gasteiger partial charge in [0.05, 0.1) is 5.56 Å². The fourth-order valence-corrected chi connectivity index (χ4v) is 2.44. The van der Waals surface area contributed by atoms with Gasteiger partial charge in [-0.2, -0.15) is 0 Å². The number of hydrogen-bond donors (Lipinski definition) is 1. The maximum absolute atomic E-state index is 13.8. The van der Waals surface area contributed by atoms with Crippen LogP contribution >= 0.6 is 0 Å². The molecule has 0 spiro atoms. The van der Waals surface area contributed by atoms with Crippen LogP contribution in [0.15, 0.2) is 12.1 Å². The summed E-state index contributed by atoms with van der Waals surface area (Å²) < 4.78 is 27.0. The van der Waals surface area contributed by atoms with E-state index in [9.17, 15) is 13.6 Å². The minimum atomic E-state index is -0.792. The molecule has 0 bridgehead atoms. The quantitative estimate of drug-likeness (QED) is 0.904. The van der Waals surface area contributed by atoms with Crippen molar-refractivity contribution in [2.24, 2.45) is 0 Å². The Morgan fingerprint density at radius 3 is 2.40 bits per heavy atom. The third-order valence-corrected chi connectivity index (χ3v) is 4.24. The Kier molecular flexibility index (Phi) is 4.09. The molecule has 0 radical (unpaired) electrons. The second-order valence-electron chi connectivity index (χ2n) is 5.68. The van der Waals surface area contributed by atoms with Crippen LogP contribution in [-0.4, -0.2) is 36.5 Å². The number of halogens is 2. The first-order valence-electron chi connectivity index (χ1n) is 6.80. The Morgan fingerprint density at radius 2 is 1.85 bits per heavy atom. The summed E-state index contributed by atoms with van der Waals surface area (Å²) in [5.74, 6) is -1.77. The van der Waals surface area contributed by atoms with E-state index in [-0.39, 0.29) is 22.6 Å². The topological polar surface area (TPSA) is 32.3 Å². The molecule has 0 aromatic heterocycles. The first-order valence-corrected chi connectivity index (χ1v) is 6.80. The predicted molar refractivity (Wildman–Crippen MR) is 73.7 cm³/mol. The van der Waals surface area contributed by atoms with Gasteiger partial charge in [-0.1, -0.05) is 0 Å². The van der Waals surface area contributed by atoms with Crippen LogP contribution in [0.5, 0.6) is 0 Å². The summed E-state index contributed by atoms with van der Waals surface area (Å²) in [6, 6.07) is 2.07. The fraction of sp³-hybridized carbons (Fsp3) is 0.533. The van der Waals surface area contributed by atoms with E-state index < -0.39 is 11.6 Å². The summed E-state index contributed by atoms with van der Waals surface area (Å²) in [4.78, 5) is 14.0. The largest absolute Gasteiger partial charge is 0.338 e. The number of likely N-dealkylation sites (tertiary alicyclic amines) is 1. The summed E-state index contributed by atoms with van der Waals surface area (Å²) in [5.41, 5.74) is 0.261. The maximum atomic E-state index is 13.8. The summed E-state index contributed by atoms with van der Waals surface area (Å²) in [7, 11) is 1.90. The van der Waals surface area contributed by atoms with Crippen molar-refractivity contribution in [2.45, 2.75) is 32.2 Å². The first kappa shape index (κ1) is 14.9. The SMILES string of the molecule is CNC1(C)CCN(C(=O)c2cc(C)c(F)cc2F)CC1. The van der Waals surface area contributed by atoms with Crippen molar-refractivity contribution in [2.75, 3.05) is 20.1 Å². The fourth-order valence-electron chi connectivity index (χ4n) is 2.44. The Bertz CT molecular complexity index is 523. The molecule has 1 fully saturated rings. The molecule has 3 nitrogen and oxygen atoms in total. The lowest BCUT2D eigenvalue weighted by Gasteiger charge is -2.39. The molecule has 1 N–H and O–H groups in total. The molecule has 1 amide bonds. The highest BCUT2D eigenvalue weighted by molar-refractivity contribution is 5.94. The lowest BCUT2D eigenvalue weighted by Crippen LogP contribution is -2.51. The summed E-state index contributed by atoms with van der Waals surface area (Å²) in [6.07, 6.45) is 1.63. The standard InChI is InChI=1S/C15H20F2N2O/c1-10-8-11(13(17)9-12(10)16)14(20)19-6-4-15(2,18-3)5-7-19/h8-9,18H,4-7H2,1-3H3. The molecule has 1 heterocycles. The van der Waals surface area contributed by atoms with Crippen molar-refractivity contribution in [3.8, 4) is 0 Å². The van der Waals surface area contributed by atoms with Crippen LogP contribution in [0.25, 0.3) is 0 Å². The molecule has 1 aliphatic heterocycles. The number of carbonyl (C=O) groups excluding carboxylic acids is 1. The molecule has 1 saturated heterocycles. The molecule has 110 valence electrons. The average Bonchev–Trinajstić information content (AvgIpc) is 2.43. The van der Waals surface area contributed by atoms with Crippen molar-refractivity contribution in [3.05, 3.63) is 34.9 Å². The molecule has 1 aromatic carbocycles. The van der Waals surface area contributed by atoms with Crippen molar-refractivity contribution in [1.82, 2.24) is 10.2 Å². The number of piperidine rings is 1. The normalized spacial score (nSPS) is 18.1. The second kappa shape index (κ2) is 5.48. The van der Waals surface area contributed by atoms with Gasteiger partial charge < -0.3 is 10.2 Å². The Balaban J connectivity index is 2.15. The van der Waals surface area contributed by atoms with Crippen molar-refractivity contribution in [3.63, 3.8) is 0 Å². The summed E-state index contributed by atoms with van der Waals surface area (Å²) in [5, 5.41) is 3.25. The molecule has 0 saturated carbocycles. The first-order chi connectivity index (χ1) is 9.36. The van der Waals surface area contributed by atoms with Gasteiger partial charge >= 0.3 is 0 Å². The zero-order chi connectivity index (χ0) is 14.9. The van der Waals surface area contributed by atoms with Crippen molar-refractivity contribution in [1.29, 1.82) is 0 Å². The van der Waals surface area contributed by atoms with Gasteiger partial charge in [-0.05, 0) is 45.4 Å². The Labute approximate surface area is 118 Å². The van der Waals surface area contributed by atoms with E-state index >= 15 is 0 Å². The molecule has 1 aliphatic rings. The van der Waals surface area contributed by atoms with E-state index in [1.807, 2.05) is 7.05 Å². The zero-order valence-corrected chi connectivity index (χ0v) is 12.1. The van der Waals surface area contributed by atoms with Crippen molar-refractivity contribution >= 4 is 5.91 Å². The van der Waals surface area contributed by atoms with Crippen LogP contribution < -0.4 is 5.32 Å². The molecule has 0 atom stereocenters. The van der Waals surface area contributed by atoms with Crippen LogP contribution in [0.3, 0.4) is 0 Å². The third kappa shape index (κ3) is 2.82. The average molecular weight is 282 g/mol. The van der Waals surface area contributed by atoms with Crippen molar-refractivity contribution < 1.29 is 13.6 Å². The van der Waals surface area contributed by atoms with Crippen LogP contribution in [0.4, 0.5) is 8.78 Å². The van der Waals surface area contributed by atoms with Gasteiger partial charge in [-0.25, -0.2) is 8.78 Å². The van der Waals surface area contributed by atoms with E-state index in [0.29, 0.717) is 13.1 Å². The van der Waals surface area contributed by atoms with Gasteiger partial charge in [0.15, 0.2) is 0 Å². The number of hydrogen-bond acceptors (Lipinski definition) is 2.